The van der Waals surface area contributed by atoms with Gasteiger partial charge < -0.3 is 9.52 Å². The molecule has 6 nitrogen and oxygen atoms in total. The number of aliphatic hydroxyl groups is 1. The lowest BCUT2D eigenvalue weighted by Gasteiger charge is -2.28. The van der Waals surface area contributed by atoms with E-state index in [1.165, 1.54) is 19.9 Å². The van der Waals surface area contributed by atoms with Crippen LogP contribution in [-0.2, 0) is 9.59 Å². The average molecular weight is 431 g/mol. The van der Waals surface area contributed by atoms with E-state index in [2.05, 4.69) is 0 Å². The van der Waals surface area contributed by atoms with Crippen molar-refractivity contribution in [1.82, 2.24) is 4.90 Å². The molecule has 0 spiro atoms. The van der Waals surface area contributed by atoms with Crippen LogP contribution in [0, 0.1) is 11.3 Å². The number of carbonyl (C=O) groups excluding carboxylic acids is 2. The van der Waals surface area contributed by atoms with Gasteiger partial charge in [-0.3, -0.25) is 14.5 Å². The second-order valence-corrected chi connectivity index (χ2v) is 7.33. The van der Waals surface area contributed by atoms with Crippen molar-refractivity contribution in [3.63, 3.8) is 0 Å². The number of benzene rings is 1. The molecular weight excluding hydrogens is 415 g/mol. The van der Waals surface area contributed by atoms with Crippen LogP contribution in [0.4, 0.5) is 0 Å². The molecule has 0 saturated carbocycles. The Labute approximate surface area is 177 Å². The summed E-state index contributed by atoms with van der Waals surface area (Å²) in [6, 6.07) is 10.3. The van der Waals surface area contributed by atoms with Gasteiger partial charge in [0.2, 0.25) is 0 Å². The molecule has 1 unspecified atom stereocenters. The molecule has 0 bridgehead atoms. The molecule has 148 valence electrons. The number of carbonyl (C=O) groups is 2. The van der Waals surface area contributed by atoms with Gasteiger partial charge in [0.15, 0.2) is 0 Å². The monoisotopic (exact) mass is 430 g/mol. The first-order valence-corrected chi connectivity index (χ1v) is 9.41. The molecule has 1 aliphatic heterocycles. The summed E-state index contributed by atoms with van der Waals surface area (Å²) in [6.45, 7) is 2.77. The van der Waals surface area contributed by atoms with E-state index in [1.807, 2.05) is 6.07 Å². The second kappa shape index (κ2) is 8.26. The molecule has 2 amide bonds. The van der Waals surface area contributed by atoms with E-state index in [4.69, 9.17) is 27.6 Å². The van der Waals surface area contributed by atoms with E-state index in [1.54, 1.807) is 30.3 Å². The molecule has 2 heterocycles. The molecule has 0 saturated heterocycles. The van der Waals surface area contributed by atoms with Crippen LogP contribution < -0.4 is 0 Å². The van der Waals surface area contributed by atoms with Crippen LogP contribution in [0.2, 0.25) is 10.0 Å². The van der Waals surface area contributed by atoms with E-state index in [0.29, 0.717) is 27.1 Å². The smallest absolute Gasteiger partial charge is 0.271 e. The van der Waals surface area contributed by atoms with Crippen LogP contribution in [-0.4, -0.2) is 34.5 Å². The number of halogens is 2. The maximum Gasteiger partial charge on any atom is 0.271 e. The van der Waals surface area contributed by atoms with Crippen LogP contribution >= 0.6 is 23.2 Å². The van der Waals surface area contributed by atoms with Crippen LogP contribution in [0.25, 0.3) is 17.4 Å². The zero-order chi connectivity index (χ0) is 21.3. The van der Waals surface area contributed by atoms with Gasteiger partial charge in [-0.2, -0.15) is 5.26 Å². The topological polar surface area (TPSA) is 94.5 Å². The van der Waals surface area contributed by atoms with Gasteiger partial charge in [0.05, 0.1) is 22.7 Å². The Morgan fingerprint density at radius 3 is 2.62 bits per heavy atom. The summed E-state index contributed by atoms with van der Waals surface area (Å²) < 4.78 is 5.79. The van der Waals surface area contributed by atoms with Gasteiger partial charge in [0.25, 0.3) is 11.8 Å². The summed E-state index contributed by atoms with van der Waals surface area (Å²) in [5, 5.41) is 19.7. The Kier molecular flexibility index (Phi) is 5.94. The zero-order valence-corrected chi connectivity index (χ0v) is 17.1. The van der Waals surface area contributed by atoms with Crippen LogP contribution in [0.5, 0.6) is 0 Å². The summed E-state index contributed by atoms with van der Waals surface area (Å²) >= 11 is 12.3. The highest BCUT2D eigenvalue weighted by Crippen LogP contribution is 2.35. The number of nitrogens with zero attached hydrogens (tertiary/aromatic N) is 2. The molecule has 2 aromatic rings. The molecule has 1 aromatic carbocycles. The van der Waals surface area contributed by atoms with Crippen molar-refractivity contribution in [3.05, 3.63) is 62.9 Å². The Hall–Kier alpha value is -2.85. The van der Waals surface area contributed by atoms with Crippen molar-refractivity contribution in [2.24, 2.45) is 0 Å². The van der Waals surface area contributed by atoms with Gasteiger partial charge in [-0.15, -0.1) is 0 Å². The summed E-state index contributed by atoms with van der Waals surface area (Å²) in [5.41, 5.74) is 0.832. The second-order valence-electron chi connectivity index (χ2n) is 6.54. The number of furan rings is 1. The van der Waals surface area contributed by atoms with E-state index >= 15 is 0 Å². The Morgan fingerprint density at radius 2 is 1.97 bits per heavy atom. The van der Waals surface area contributed by atoms with Gasteiger partial charge in [0, 0.05) is 11.1 Å². The number of hydrogen-bond acceptors (Lipinski definition) is 5. The third kappa shape index (κ3) is 3.99. The lowest BCUT2D eigenvalue weighted by molar-refractivity contribution is -0.141. The fourth-order valence-corrected chi connectivity index (χ4v) is 3.36. The maximum absolute atomic E-state index is 12.8. The Balaban J connectivity index is 2.05. The van der Waals surface area contributed by atoms with E-state index in [0.717, 1.165) is 4.90 Å². The molecule has 0 fully saturated rings. The first-order chi connectivity index (χ1) is 13.7. The highest BCUT2D eigenvalue weighted by atomic mass is 35.5. The van der Waals surface area contributed by atoms with Crippen LogP contribution in [0.1, 0.15) is 19.6 Å². The number of aliphatic hydroxyl groups excluding tert-OH is 1. The van der Waals surface area contributed by atoms with Gasteiger partial charge in [-0.1, -0.05) is 29.3 Å². The van der Waals surface area contributed by atoms with Gasteiger partial charge in [-0.25, -0.2) is 0 Å². The maximum atomic E-state index is 12.8. The van der Waals surface area contributed by atoms with Crippen molar-refractivity contribution >= 4 is 41.1 Å². The van der Waals surface area contributed by atoms with Crippen molar-refractivity contribution in [3.8, 4) is 17.4 Å². The normalized spacial score (nSPS) is 17.1. The highest BCUT2D eigenvalue weighted by Gasteiger charge is 2.36. The summed E-state index contributed by atoms with van der Waals surface area (Å²) in [7, 11) is 0. The number of rotatable bonds is 4. The van der Waals surface area contributed by atoms with Crippen LogP contribution in [0.15, 0.2) is 51.5 Å². The minimum atomic E-state index is -0.928. The number of amides is 2. The summed E-state index contributed by atoms with van der Waals surface area (Å²) in [4.78, 5) is 26.1. The third-order valence-electron chi connectivity index (χ3n) is 4.40. The van der Waals surface area contributed by atoms with Crippen molar-refractivity contribution in [1.29, 1.82) is 5.26 Å². The third-order valence-corrected chi connectivity index (χ3v) is 5.22. The predicted octanol–water partition coefficient (Wildman–Crippen LogP) is 4.23. The standard InChI is InChI=1S/C21H16Cl2N2O4/c1-11(26)10-25-20(27)15(12(2)16(9-24)21(25)28)8-13-6-7-18(29-13)14-4-3-5-17(22)19(14)23/h3-8,11,26H,10H2,1-2H3/b15-8-. The van der Waals surface area contributed by atoms with Crippen molar-refractivity contribution in [2.45, 2.75) is 20.0 Å². The largest absolute Gasteiger partial charge is 0.457 e. The lowest BCUT2D eigenvalue weighted by Crippen LogP contribution is -2.45. The van der Waals surface area contributed by atoms with Gasteiger partial charge >= 0.3 is 0 Å². The molecule has 29 heavy (non-hydrogen) atoms. The Morgan fingerprint density at radius 1 is 1.24 bits per heavy atom. The number of hydrogen-bond donors (Lipinski definition) is 1. The molecule has 1 N–H and O–H groups in total. The quantitative estimate of drug-likeness (QED) is 0.578. The zero-order valence-electron chi connectivity index (χ0n) is 15.6. The highest BCUT2D eigenvalue weighted by molar-refractivity contribution is 6.43. The summed E-state index contributed by atoms with van der Waals surface area (Å²) in [5.74, 6) is -0.543. The van der Waals surface area contributed by atoms with Gasteiger partial charge in [-0.05, 0) is 49.8 Å². The SMILES string of the molecule is CC1=C(C#N)C(=O)N(CC(C)O)C(=O)/C1=C\c1ccc(-c2cccc(Cl)c2Cl)o1. The molecule has 1 aromatic heterocycles. The fourth-order valence-electron chi connectivity index (χ4n) is 2.97. The molecule has 8 heteroatoms. The fraction of sp³-hybridized carbons (Fsp3) is 0.190. The molecule has 1 atom stereocenters. The van der Waals surface area contributed by atoms with Crippen LogP contribution in [0.3, 0.4) is 0 Å². The number of nitriles is 1. The minimum absolute atomic E-state index is 0.139. The Bertz CT molecular complexity index is 1110. The van der Waals surface area contributed by atoms with Crippen molar-refractivity contribution < 1.29 is 19.1 Å². The molecule has 0 aliphatic carbocycles. The molecular formula is C21H16Cl2N2O4. The first-order valence-electron chi connectivity index (χ1n) is 8.66. The van der Waals surface area contributed by atoms with Gasteiger partial charge in [0.1, 0.15) is 23.2 Å². The predicted molar refractivity (Wildman–Crippen MR) is 109 cm³/mol. The van der Waals surface area contributed by atoms with E-state index in [9.17, 15) is 20.0 Å². The number of imide groups is 1. The minimum Gasteiger partial charge on any atom is -0.457 e. The summed E-state index contributed by atoms with van der Waals surface area (Å²) in [6.07, 6.45) is 0.529. The van der Waals surface area contributed by atoms with E-state index < -0.39 is 17.9 Å². The average Bonchev–Trinajstić information content (AvgIpc) is 3.13. The van der Waals surface area contributed by atoms with E-state index in [-0.39, 0.29) is 23.3 Å². The molecule has 0 radical (unpaired) electrons. The number of β-amino-alcohol motifs (C(OH)–C–C–N with tert-alkyl or cyclic N) is 1. The molecule has 3 rings (SSSR count). The first kappa shape index (κ1) is 20.9. The molecule has 1 aliphatic rings. The lowest BCUT2D eigenvalue weighted by atomic mass is 9.94. The van der Waals surface area contributed by atoms with Crippen molar-refractivity contribution in [2.75, 3.05) is 6.54 Å².